The van der Waals surface area contributed by atoms with Crippen molar-refractivity contribution in [3.8, 4) is 17.2 Å². The van der Waals surface area contributed by atoms with Crippen molar-refractivity contribution in [1.82, 2.24) is 0 Å². The fraction of sp³-hybridized carbons (Fsp3) is 0.500. The molecule has 0 saturated heterocycles. The van der Waals surface area contributed by atoms with Gasteiger partial charge in [0.1, 0.15) is 16.4 Å². The minimum absolute atomic E-state index is 0. The Labute approximate surface area is 229 Å². The van der Waals surface area contributed by atoms with Crippen molar-refractivity contribution in [2.24, 2.45) is 0 Å². The van der Waals surface area contributed by atoms with Gasteiger partial charge in [-0.2, -0.15) is 8.42 Å². The molecule has 2 aromatic carbocycles. The summed E-state index contributed by atoms with van der Waals surface area (Å²) in [6.07, 6.45) is 13.4. The predicted octanol–water partition coefficient (Wildman–Crippen LogP) is 3.27. The van der Waals surface area contributed by atoms with E-state index in [1.54, 1.807) is 12.1 Å². The fourth-order valence-corrected chi connectivity index (χ4v) is 4.05. The van der Waals surface area contributed by atoms with E-state index in [-0.39, 0.29) is 67.8 Å². The molecule has 0 aliphatic carbocycles. The van der Waals surface area contributed by atoms with Gasteiger partial charge in [-0.05, 0) is 42.7 Å². The second-order valence-electron chi connectivity index (χ2n) is 7.76. The van der Waals surface area contributed by atoms with Crippen molar-refractivity contribution in [2.75, 3.05) is 0 Å². The van der Waals surface area contributed by atoms with Crippen LogP contribution in [-0.2, 0) is 16.5 Å². The molecule has 166 valence electrons. The molecular formula is C24H33KO5S. The first-order valence-corrected chi connectivity index (χ1v) is 12.4. The number of rotatable bonds is 14. The van der Waals surface area contributed by atoms with Gasteiger partial charge in [-0.3, -0.25) is 4.55 Å². The molecule has 31 heavy (non-hydrogen) atoms. The van der Waals surface area contributed by atoms with Crippen LogP contribution in [0.4, 0.5) is 0 Å². The van der Waals surface area contributed by atoms with Crippen LogP contribution in [0.3, 0.4) is 0 Å². The van der Waals surface area contributed by atoms with Crippen LogP contribution in [0.15, 0.2) is 47.4 Å². The number of ether oxygens (including phenoxy) is 1. The Morgan fingerprint density at radius 1 is 0.839 bits per heavy atom. The Morgan fingerprint density at radius 2 is 1.39 bits per heavy atom. The molecule has 0 aliphatic heterocycles. The number of benzene rings is 2. The number of aryl methyl sites for hydroxylation is 1. The Balaban J connectivity index is 0.00000480. The second kappa shape index (κ2) is 15.4. The smallest absolute Gasteiger partial charge is 0.872 e. The minimum atomic E-state index is -4.41. The fourth-order valence-electron chi connectivity index (χ4n) is 3.45. The van der Waals surface area contributed by atoms with Crippen molar-refractivity contribution in [3.05, 3.63) is 48.0 Å². The van der Waals surface area contributed by atoms with Gasteiger partial charge in [0.2, 0.25) is 0 Å². The molecule has 0 unspecified atom stereocenters. The van der Waals surface area contributed by atoms with Gasteiger partial charge in [-0.15, -0.1) is 5.75 Å². The molecule has 0 saturated carbocycles. The maximum Gasteiger partial charge on any atom is 1.00 e. The molecule has 0 aliphatic rings. The van der Waals surface area contributed by atoms with E-state index in [4.69, 9.17) is 4.74 Å². The molecule has 2 rings (SSSR count). The van der Waals surface area contributed by atoms with E-state index in [0.29, 0.717) is 5.75 Å². The molecule has 0 amide bonds. The maximum absolute atomic E-state index is 11.7. The van der Waals surface area contributed by atoms with Crippen LogP contribution in [0.25, 0.3) is 0 Å². The predicted molar refractivity (Wildman–Crippen MR) is 118 cm³/mol. The van der Waals surface area contributed by atoms with Gasteiger partial charge < -0.3 is 9.84 Å². The molecule has 2 aromatic rings. The van der Waals surface area contributed by atoms with E-state index in [9.17, 15) is 18.1 Å². The van der Waals surface area contributed by atoms with Gasteiger partial charge in [0.05, 0.1) is 0 Å². The molecule has 0 aromatic heterocycles. The number of hydrogen-bond acceptors (Lipinski definition) is 4. The van der Waals surface area contributed by atoms with Gasteiger partial charge in [-0.1, -0.05) is 82.9 Å². The molecule has 7 heteroatoms. The first-order valence-electron chi connectivity index (χ1n) is 11.0. The van der Waals surface area contributed by atoms with E-state index in [0.717, 1.165) is 24.8 Å². The summed E-state index contributed by atoms with van der Waals surface area (Å²) < 4.78 is 38.5. The minimum Gasteiger partial charge on any atom is -0.872 e. The molecular weight excluding hydrogens is 439 g/mol. The Bertz CT molecular complexity index is 866. The average Bonchev–Trinajstić information content (AvgIpc) is 2.70. The Morgan fingerprint density at radius 3 is 1.94 bits per heavy atom. The topological polar surface area (TPSA) is 86.7 Å². The van der Waals surface area contributed by atoms with Crippen LogP contribution in [0.5, 0.6) is 17.2 Å². The summed E-state index contributed by atoms with van der Waals surface area (Å²) in [6, 6.07) is 10.4. The number of hydrogen-bond donors (Lipinski definition) is 1. The molecule has 0 radical (unpaired) electrons. The number of unbranched alkanes of at least 4 members (excludes halogenated alkanes) is 9. The van der Waals surface area contributed by atoms with Gasteiger partial charge in [-0.25, -0.2) is 0 Å². The van der Waals surface area contributed by atoms with Gasteiger partial charge in [0.15, 0.2) is 0 Å². The largest absolute Gasteiger partial charge is 1.00 e. The van der Waals surface area contributed by atoms with Crippen molar-refractivity contribution in [3.63, 3.8) is 0 Å². The van der Waals surface area contributed by atoms with E-state index in [2.05, 4.69) is 6.92 Å². The quantitative estimate of drug-likeness (QED) is 0.259. The molecule has 0 heterocycles. The van der Waals surface area contributed by atoms with Crippen molar-refractivity contribution in [1.29, 1.82) is 0 Å². The third kappa shape index (κ3) is 11.3. The molecule has 1 N–H and O–H groups in total. The summed E-state index contributed by atoms with van der Waals surface area (Å²) in [6.45, 7) is 2.23. The zero-order valence-electron chi connectivity index (χ0n) is 18.8. The molecule has 5 nitrogen and oxygen atoms in total. The molecule has 0 fully saturated rings. The molecule has 0 atom stereocenters. The van der Waals surface area contributed by atoms with Crippen LogP contribution in [0.2, 0.25) is 0 Å². The van der Waals surface area contributed by atoms with Gasteiger partial charge in [0.25, 0.3) is 10.1 Å². The van der Waals surface area contributed by atoms with E-state index in [1.165, 1.54) is 81.7 Å². The summed E-state index contributed by atoms with van der Waals surface area (Å²) in [5.41, 5.74) is 0.956. The van der Waals surface area contributed by atoms with Crippen LogP contribution >= 0.6 is 0 Å². The van der Waals surface area contributed by atoms with Crippen molar-refractivity contribution < 1.29 is 74.2 Å². The first kappa shape index (κ1) is 28.6. The summed E-state index contributed by atoms with van der Waals surface area (Å²) >= 11 is 0. The molecule has 0 bridgehead atoms. The summed E-state index contributed by atoms with van der Waals surface area (Å²) in [4.78, 5) is -0.277. The van der Waals surface area contributed by atoms with Crippen LogP contribution in [-0.4, -0.2) is 13.0 Å². The Kier molecular flexibility index (Phi) is 14.2. The van der Waals surface area contributed by atoms with E-state index in [1.807, 2.05) is 0 Å². The monoisotopic (exact) mass is 472 g/mol. The van der Waals surface area contributed by atoms with Crippen molar-refractivity contribution >= 4 is 10.1 Å². The van der Waals surface area contributed by atoms with Gasteiger partial charge in [0, 0.05) is 0 Å². The summed E-state index contributed by atoms with van der Waals surface area (Å²) in [5, 5.41) is 11.2. The van der Waals surface area contributed by atoms with Gasteiger partial charge >= 0.3 is 51.4 Å². The zero-order chi connectivity index (χ0) is 21.8. The Hall–Kier alpha value is -0.414. The van der Waals surface area contributed by atoms with Crippen LogP contribution < -0.4 is 61.2 Å². The third-order valence-electron chi connectivity index (χ3n) is 5.16. The first-order chi connectivity index (χ1) is 14.4. The zero-order valence-corrected chi connectivity index (χ0v) is 22.7. The van der Waals surface area contributed by atoms with E-state index >= 15 is 0 Å². The third-order valence-corrected chi connectivity index (χ3v) is 6.05. The normalized spacial score (nSPS) is 11.2. The average molecular weight is 473 g/mol. The summed E-state index contributed by atoms with van der Waals surface area (Å²) in [5.74, 6) is 0.253. The molecule has 0 spiro atoms. The van der Waals surface area contributed by atoms with Crippen LogP contribution in [0.1, 0.15) is 76.7 Å². The maximum atomic E-state index is 11.7. The van der Waals surface area contributed by atoms with E-state index < -0.39 is 10.1 Å². The SMILES string of the molecule is CCCCCCCCCCCCc1ccc(S(=O)(=O)O)c(Oc2ccc([O-])cc2)c1.[K+]. The van der Waals surface area contributed by atoms with Crippen molar-refractivity contribution in [2.45, 2.75) is 82.4 Å². The van der Waals surface area contributed by atoms with Crippen LogP contribution in [0, 0.1) is 0 Å². The standard InChI is InChI=1S/C24H34O5S.K/c1-2-3-4-5-6-7-8-9-10-11-12-20-13-18-24(30(26,27)28)23(19-20)29-22-16-14-21(25)15-17-22;/h13-19,25H,2-12H2,1H3,(H,26,27,28);/q;+1/p-1. The second-order valence-corrected chi connectivity index (χ2v) is 9.15. The summed E-state index contributed by atoms with van der Waals surface area (Å²) in [7, 11) is -4.41.